The summed E-state index contributed by atoms with van der Waals surface area (Å²) in [5.41, 5.74) is 1.04. The molecule has 3 heteroatoms. The number of ether oxygens (including phenoxy) is 1. The molecule has 0 aliphatic rings. The van der Waals surface area contributed by atoms with E-state index in [1.54, 1.807) is 6.92 Å². The van der Waals surface area contributed by atoms with Gasteiger partial charge in [0.2, 0.25) is 0 Å². The molecule has 100 valence electrons. The lowest BCUT2D eigenvalue weighted by Gasteiger charge is -2.20. The minimum Gasteiger partial charge on any atom is -0.494 e. The predicted octanol–water partition coefficient (Wildman–Crippen LogP) is 3.69. The Labute approximate surface area is 109 Å². The van der Waals surface area contributed by atoms with Gasteiger partial charge in [-0.25, -0.2) is 0 Å². The van der Waals surface area contributed by atoms with Crippen LogP contribution in [0.2, 0.25) is 0 Å². The Morgan fingerprint density at radius 2 is 2.11 bits per heavy atom. The van der Waals surface area contributed by atoms with Crippen molar-refractivity contribution in [2.45, 2.75) is 39.5 Å². The zero-order valence-corrected chi connectivity index (χ0v) is 11.3. The van der Waals surface area contributed by atoms with E-state index in [9.17, 15) is 4.79 Å². The van der Waals surface area contributed by atoms with Crippen LogP contribution in [0.5, 0.6) is 5.75 Å². The van der Waals surface area contributed by atoms with Crippen LogP contribution in [-0.4, -0.2) is 17.7 Å². The molecule has 2 atom stereocenters. The Kier molecular flexibility index (Phi) is 5.69. The highest BCUT2D eigenvalue weighted by atomic mass is 16.5. The molecule has 1 rings (SSSR count). The zero-order valence-electron chi connectivity index (χ0n) is 11.3. The first-order valence-electron chi connectivity index (χ1n) is 6.55. The molecule has 0 amide bonds. The summed E-state index contributed by atoms with van der Waals surface area (Å²) >= 11 is 0. The molecule has 0 aromatic heterocycles. The summed E-state index contributed by atoms with van der Waals surface area (Å²) in [7, 11) is 0. The van der Waals surface area contributed by atoms with E-state index in [1.807, 2.05) is 31.2 Å². The van der Waals surface area contributed by atoms with Gasteiger partial charge in [-0.15, -0.1) is 0 Å². The number of aliphatic carboxylic acids is 1. The van der Waals surface area contributed by atoms with Crippen LogP contribution in [-0.2, 0) is 4.79 Å². The molecule has 1 N–H and O–H groups in total. The largest absolute Gasteiger partial charge is 0.494 e. The number of carbonyl (C=O) groups is 1. The highest BCUT2D eigenvalue weighted by Gasteiger charge is 2.23. The van der Waals surface area contributed by atoms with Crippen LogP contribution >= 0.6 is 0 Å². The molecule has 0 unspecified atom stereocenters. The van der Waals surface area contributed by atoms with Crippen molar-refractivity contribution in [2.75, 3.05) is 6.61 Å². The monoisotopic (exact) mass is 250 g/mol. The summed E-state index contributed by atoms with van der Waals surface area (Å²) in [6.45, 7) is 6.53. The van der Waals surface area contributed by atoms with Crippen LogP contribution in [0.3, 0.4) is 0 Å². The molecule has 0 fully saturated rings. The molecule has 0 aliphatic heterocycles. The highest BCUT2D eigenvalue weighted by Crippen LogP contribution is 2.30. The standard InChI is InChI=1S/C15H22O3/c1-4-9-18-13-8-6-7-12(10-13)14(5-2)11(3)15(16)17/h6-8,10-11,14H,4-5,9H2,1-3H3,(H,16,17)/t11-,14+/m1/s1. The minimum absolute atomic E-state index is 0.0349. The van der Waals surface area contributed by atoms with Gasteiger partial charge in [0, 0.05) is 0 Å². The van der Waals surface area contributed by atoms with E-state index < -0.39 is 5.97 Å². The lowest BCUT2D eigenvalue weighted by Crippen LogP contribution is -2.18. The van der Waals surface area contributed by atoms with Crippen molar-refractivity contribution in [3.63, 3.8) is 0 Å². The average Bonchev–Trinajstić information content (AvgIpc) is 2.37. The second-order valence-corrected chi connectivity index (χ2v) is 4.56. The van der Waals surface area contributed by atoms with Crippen LogP contribution in [0.1, 0.15) is 45.1 Å². The second-order valence-electron chi connectivity index (χ2n) is 4.56. The molecule has 0 bridgehead atoms. The Balaban J connectivity index is 2.88. The molecular weight excluding hydrogens is 228 g/mol. The molecule has 0 aliphatic carbocycles. The fraction of sp³-hybridized carbons (Fsp3) is 0.533. The molecular formula is C15H22O3. The van der Waals surface area contributed by atoms with Crippen LogP contribution in [0, 0.1) is 5.92 Å². The number of benzene rings is 1. The van der Waals surface area contributed by atoms with Crippen molar-refractivity contribution in [3.8, 4) is 5.75 Å². The van der Waals surface area contributed by atoms with Crippen molar-refractivity contribution in [1.29, 1.82) is 0 Å². The molecule has 0 heterocycles. The SMILES string of the molecule is CCCOc1cccc([C@@H](CC)[C@@H](C)C(=O)O)c1. The van der Waals surface area contributed by atoms with Gasteiger partial charge >= 0.3 is 5.97 Å². The van der Waals surface area contributed by atoms with Gasteiger partial charge < -0.3 is 9.84 Å². The van der Waals surface area contributed by atoms with Crippen molar-refractivity contribution in [3.05, 3.63) is 29.8 Å². The molecule has 3 nitrogen and oxygen atoms in total. The molecule has 0 saturated heterocycles. The van der Waals surface area contributed by atoms with Gasteiger partial charge in [-0.05, 0) is 36.5 Å². The number of rotatable bonds is 7. The molecule has 0 saturated carbocycles. The van der Waals surface area contributed by atoms with Gasteiger partial charge in [-0.1, -0.05) is 32.9 Å². The van der Waals surface area contributed by atoms with E-state index in [2.05, 4.69) is 6.92 Å². The lowest BCUT2D eigenvalue weighted by atomic mass is 9.85. The van der Waals surface area contributed by atoms with Crippen LogP contribution < -0.4 is 4.74 Å². The van der Waals surface area contributed by atoms with Crippen LogP contribution in [0.25, 0.3) is 0 Å². The summed E-state index contributed by atoms with van der Waals surface area (Å²) in [5.74, 6) is -0.267. The molecule has 1 aromatic carbocycles. The van der Waals surface area contributed by atoms with E-state index in [0.717, 1.165) is 24.2 Å². The summed E-state index contributed by atoms with van der Waals surface area (Å²) in [4.78, 5) is 11.1. The maximum atomic E-state index is 11.1. The molecule has 18 heavy (non-hydrogen) atoms. The van der Waals surface area contributed by atoms with Gasteiger partial charge in [-0.3, -0.25) is 4.79 Å². The van der Waals surface area contributed by atoms with Crippen LogP contribution in [0.4, 0.5) is 0 Å². The summed E-state index contributed by atoms with van der Waals surface area (Å²) in [5, 5.41) is 9.12. The van der Waals surface area contributed by atoms with Gasteiger partial charge in [-0.2, -0.15) is 0 Å². The Morgan fingerprint density at radius 3 is 2.67 bits per heavy atom. The fourth-order valence-electron chi connectivity index (χ4n) is 2.10. The minimum atomic E-state index is -0.748. The molecule has 1 aromatic rings. The summed E-state index contributed by atoms with van der Waals surface area (Å²) in [6, 6.07) is 7.78. The smallest absolute Gasteiger partial charge is 0.306 e. The van der Waals surface area contributed by atoms with Crippen molar-refractivity contribution >= 4 is 5.97 Å². The maximum Gasteiger partial charge on any atom is 0.306 e. The highest BCUT2D eigenvalue weighted by molar-refractivity contribution is 5.71. The Bertz CT molecular complexity index is 387. The average molecular weight is 250 g/mol. The first-order valence-corrected chi connectivity index (χ1v) is 6.55. The van der Waals surface area contributed by atoms with Crippen molar-refractivity contribution in [2.24, 2.45) is 5.92 Å². The van der Waals surface area contributed by atoms with Crippen molar-refractivity contribution in [1.82, 2.24) is 0 Å². The third-order valence-electron chi connectivity index (χ3n) is 3.19. The van der Waals surface area contributed by atoms with E-state index in [0.29, 0.717) is 6.61 Å². The lowest BCUT2D eigenvalue weighted by molar-refractivity contribution is -0.141. The van der Waals surface area contributed by atoms with E-state index in [1.165, 1.54) is 0 Å². The third kappa shape index (κ3) is 3.76. The maximum absolute atomic E-state index is 11.1. The predicted molar refractivity (Wildman–Crippen MR) is 72.1 cm³/mol. The first-order chi connectivity index (χ1) is 8.60. The van der Waals surface area contributed by atoms with Crippen LogP contribution in [0.15, 0.2) is 24.3 Å². The summed E-state index contributed by atoms with van der Waals surface area (Å²) < 4.78 is 5.58. The topological polar surface area (TPSA) is 46.5 Å². The fourth-order valence-corrected chi connectivity index (χ4v) is 2.10. The van der Waals surface area contributed by atoms with E-state index in [4.69, 9.17) is 9.84 Å². The van der Waals surface area contributed by atoms with E-state index in [-0.39, 0.29) is 11.8 Å². The number of carboxylic acid groups (broad SMARTS) is 1. The second kappa shape index (κ2) is 7.04. The van der Waals surface area contributed by atoms with Gasteiger partial charge in [0.1, 0.15) is 5.75 Å². The molecule has 0 spiro atoms. The number of carboxylic acids is 1. The molecule has 0 radical (unpaired) electrons. The Morgan fingerprint density at radius 1 is 1.39 bits per heavy atom. The summed E-state index contributed by atoms with van der Waals surface area (Å²) in [6.07, 6.45) is 1.78. The third-order valence-corrected chi connectivity index (χ3v) is 3.19. The quantitative estimate of drug-likeness (QED) is 0.802. The zero-order chi connectivity index (χ0) is 13.5. The van der Waals surface area contributed by atoms with Gasteiger partial charge in [0.05, 0.1) is 12.5 Å². The van der Waals surface area contributed by atoms with Gasteiger partial charge in [0.25, 0.3) is 0 Å². The van der Waals surface area contributed by atoms with Crippen molar-refractivity contribution < 1.29 is 14.6 Å². The first kappa shape index (κ1) is 14.6. The van der Waals surface area contributed by atoms with Gasteiger partial charge in [0.15, 0.2) is 0 Å². The normalized spacial score (nSPS) is 13.9. The Hall–Kier alpha value is -1.51. The number of hydrogen-bond acceptors (Lipinski definition) is 2. The van der Waals surface area contributed by atoms with E-state index >= 15 is 0 Å². The number of hydrogen-bond donors (Lipinski definition) is 1.